The molecule has 0 aliphatic carbocycles. The minimum absolute atomic E-state index is 0.0927. The highest BCUT2D eigenvalue weighted by Crippen LogP contribution is 2.42. The molecule has 0 saturated carbocycles. The van der Waals surface area contributed by atoms with Crippen LogP contribution in [0.4, 0.5) is 16.3 Å². The molecule has 1 unspecified atom stereocenters. The molecule has 0 saturated heterocycles. The summed E-state index contributed by atoms with van der Waals surface area (Å²) >= 11 is 6.79. The van der Waals surface area contributed by atoms with Crippen molar-refractivity contribution in [3.63, 3.8) is 0 Å². The molecule has 0 N–H and O–H groups in total. The first-order valence-electron chi connectivity index (χ1n) is 17.6. The van der Waals surface area contributed by atoms with Crippen LogP contribution in [-0.4, -0.2) is 88.6 Å². The molecule has 0 bridgehead atoms. The van der Waals surface area contributed by atoms with Crippen LogP contribution in [0.2, 0.25) is 5.02 Å². The lowest BCUT2D eigenvalue weighted by atomic mass is 10.0. The lowest BCUT2D eigenvalue weighted by Crippen LogP contribution is -2.47. The number of aromatic nitrogens is 4. The fourth-order valence-corrected chi connectivity index (χ4v) is 6.94. The van der Waals surface area contributed by atoms with Crippen LogP contribution in [0.5, 0.6) is 11.5 Å². The van der Waals surface area contributed by atoms with Gasteiger partial charge < -0.3 is 24.1 Å². The molecule has 1 atom stereocenters. The number of fused-ring (bicyclic) bond motifs is 1. The maximum absolute atomic E-state index is 14.5. The number of ketones is 1. The molecule has 0 fully saturated rings. The van der Waals surface area contributed by atoms with Crippen LogP contribution in [-0.2, 0) is 31.4 Å². The Morgan fingerprint density at radius 3 is 2.64 bits per heavy atom. The number of carbonyl (C=O) groups is 2. The number of hydrogen-bond acceptors (Lipinski definition) is 10. The van der Waals surface area contributed by atoms with Crippen molar-refractivity contribution in [2.45, 2.75) is 38.8 Å². The third-order valence-electron chi connectivity index (χ3n) is 9.48. The number of rotatable bonds is 15. The van der Waals surface area contributed by atoms with E-state index in [1.807, 2.05) is 64.6 Å². The maximum atomic E-state index is 14.5. The van der Waals surface area contributed by atoms with Gasteiger partial charge in [0.1, 0.15) is 40.9 Å². The highest BCUT2D eigenvalue weighted by atomic mass is 35.5. The Balaban J connectivity index is 1.24. The summed E-state index contributed by atoms with van der Waals surface area (Å²) < 4.78 is 13.1. The van der Waals surface area contributed by atoms with Gasteiger partial charge in [-0.05, 0) is 41.2 Å². The highest BCUT2D eigenvalue weighted by molar-refractivity contribution is 6.35. The van der Waals surface area contributed by atoms with E-state index in [2.05, 4.69) is 10.1 Å². The summed E-state index contributed by atoms with van der Waals surface area (Å²) in [6.45, 7) is 3.21. The van der Waals surface area contributed by atoms with Crippen molar-refractivity contribution >= 4 is 41.1 Å². The molecular weight excluding hydrogens is 726 g/mol. The van der Waals surface area contributed by atoms with Crippen molar-refractivity contribution in [2.24, 2.45) is 12.0 Å². The number of methoxy groups -OCH3 is 2. The van der Waals surface area contributed by atoms with E-state index in [1.165, 1.54) is 14.2 Å². The molecule has 16 heteroatoms. The van der Waals surface area contributed by atoms with Crippen molar-refractivity contribution in [2.75, 3.05) is 51.2 Å². The Kier molecular flexibility index (Phi) is 11.4. The van der Waals surface area contributed by atoms with E-state index in [4.69, 9.17) is 31.0 Å². The zero-order chi connectivity index (χ0) is 39.4. The van der Waals surface area contributed by atoms with Crippen molar-refractivity contribution in [3.8, 4) is 11.5 Å². The van der Waals surface area contributed by atoms with Gasteiger partial charge in [-0.2, -0.15) is 5.10 Å². The number of allylic oxidation sites excluding steroid dienone is 1. The number of ether oxygens (including phenoxy) is 2. The number of likely N-dealkylation sites (N-methyl/N-ethyl adjacent to an activating group) is 1. The van der Waals surface area contributed by atoms with Crippen molar-refractivity contribution < 1.29 is 28.5 Å². The van der Waals surface area contributed by atoms with Crippen LogP contribution in [0.25, 0.3) is 0 Å². The van der Waals surface area contributed by atoms with Gasteiger partial charge in [-0.15, -0.1) is 0 Å². The Hall–Kier alpha value is -5.93. The molecule has 15 nitrogen and oxygen atoms in total. The molecule has 2 aliphatic heterocycles. The number of hydrogen-bond donors (Lipinski definition) is 0. The first-order chi connectivity index (χ1) is 26.3. The molecule has 55 heavy (non-hydrogen) atoms. The topological polar surface area (TPSA) is 158 Å². The quantitative estimate of drug-likeness (QED) is 0.0623. The Bertz CT molecular complexity index is 2230. The normalized spacial score (nSPS) is 14.9. The second-order valence-electron chi connectivity index (χ2n) is 14.2. The van der Waals surface area contributed by atoms with E-state index in [0.717, 1.165) is 16.8 Å². The molecule has 2 aromatic carbocycles. The molecule has 0 spiro atoms. The number of carbonyl (C=O) groups excluding carboxylic acids is 2. The number of anilines is 2. The SMILES string of the molecule is COc1cc(OC)c(Cl)c(N2Cc3cnc(C(C)c4ccn(C)n4)nc3N(Cc3cccc(CC(=O)/C=C/C[N+](C)(C)CC4=C([N+](=O)[O-])N=CC4)c3)C2=O)c1. The van der Waals surface area contributed by atoms with E-state index < -0.39 is 4.92 Å². The van der Waals surface area contributed by atoms with E-state index in [-0.39, 0.29) is 48.1 Å². The largest absolute Gasteiger partial charge is 0.497 e. The molecule has 0 radical (unpaired) electrons. The number of aliphatic imine (C=N–C) groups is 1. The summed E-state index contributed by atoms with van der Waals surface area (Å²) in [5.41, 5.74) is 4.14. The first-order valence-corrected chi connectivity index (χ1v) is 18.0. The molecule has 2 aromatic heterocycles. The third kappa shape index (κ3) is 8.74. The standard InChI is InChI=1S/C39H43ClN9O6/c1-25(32-13-15-45(2)44-32)36-42-21-29-23-46(33-19-31(54-5)20-34(55-6)35(33)40)39(51)47(38(29)43-36)22-27-10-7-9-26(17-27)18-30(50)11-8-16-49(3,4)24-28-12-14-41-37(28)48(52)53/h7-11,13-15,17,19-21,25H,12,16,18,22-24H2,1-6H3/q+1/b11-8+. The molecule has 6 rings (SSSR count). The van der Waals surface area contributed by atoms with Crippen LogP contribution in [0.3, 0.4) is 0 Å². The highest BCUT2D eigenvalue weighted by Gasteiger charge is 2.36. The zero-order valence-electron chi connectivity index (χ0n) is 31.6. The number of halogens is 1. The third-order valence-corrected chi connectivity index (χ3v) is 9.86. The molecule has 4 aromatic rings. The zero-order valence-corrected chi connectivity index (χ0v) is 32.4. The van der Waals surface area contributed by atoms with E-state index in [9.17, 15) is 19.7 Å². The lowest BCUT2D eigenvalue weighted by molar-refractivity contribution is -0.880. The monoisotopic (exact) mass is 768 g/mol. The van der Waals surface area contributed by atoms with Gasteiger partial charge in [0, 0.05) is 50.0 Å². The Morgan fingerprint density at radius 1 is 1.15 bits per heavy atom. The second kappa shape index (κ2) is 16.2. The van der Waals surface area contributed by atoms with Crippen molar-refractivity contribution in [1.29, 1.82) is 0 Å². The predicted molar refractivity (Wildman–Crippen MR) is 208 cm³/mol. The van der Waals surface area contributed by atoms with E-state index in [0.29, 0.717) is 64.0 Å². The summed E-state index contributed by atoms with van der Waals surface area (Å²) in [4.78, 5) is 55.2. The number of nitrogens with zero attached hydrogens (tertiary/aromatic N) is 9. The van der Waals surface area contributed by atoms with Crippen LogP contribution in [0.15, 0.2) is 83.4 Å². The van der Waals surface area contributed by atoms with E-state index >= 15 is 0 Å². The summed E-state index contributed by atoms with van der Waals surface area (Å²) in [7, 11) is 8.77. The summed E-state index contributed by atoms with van der Waals surface area (Å²) in [5.74, 6) is 1.38. The van der Waals surface area contributed by atoms with Gasteiger partial charge in [-0.3, -0.25) is 19.3 Å². The Labute approximate surface area is 323 Å². The van der Waals surface area contributed by atoms with Gasteiger partial charge in [-0.1, -0.05) is 40.9 Å². The number of aryl methyl sites for hydroxylation is 1. The van der Waals surface area contributed by atoms with Gasteiger partial charge in [-0.25, -0.2) is 14.8 Å². The molecule has 286 valence electrons. The number of amides is 2. The average Bonchev–Trinajstić information content (AvgIpc) is 3.81. The van der Waals surface area contributed by atoms with Crippen molar-refractivity contribution in [3.05, 3.63) is 122 Å². The van der Waals surface area contributed by atoms with Gasteiger partial charge in [0.25, 0.3) is 0 Å². The van der Waals surface area contributed by atoms with E-state index in [1.54, 1.807) is 51.2 Å². The maximum Gasteiger partial charge on any atom is 0.368 e. The van der Waals surface area contributed by atoms with Gasteiger partial charge in [0.05, 0.1) is 70.8 Å². The van der Waals surface area contributed by atoms with Crippen LogP contribution in [0.1, 0.15) is 47.5 Å². The minimum atomic E-state index is -0.453. The number of urea groups is 1. The number of nitro groups is 1. The van der Waals surface area contributed by atoms with Gasteiger partial charge in [0.15, 0.2) is 5.78 Å². The fourth-order valence-electron chi connectivity index (χ4n) is 6.66. The lowest BCUT2D eigenvalue weighted by Gasteiger charge is -2.37. The summed E-state index contributed by atoms with van der Waals surface area (Å²) in [5, 5.41) is 16.1. The fraction of sp³-hybridized carbons (Fsp3) is 0.333. The summed E-state index contributed by atoms with van der Waals surface area (Å²) in [6, 6.07) is 12.4. The van der Waals surface area contributed by atoms with Crippen molar-refractivity contribution in [1.82, 2.24) is 19.7 Å². The number of quaternary nitrogens is 1. The second-order valence-corrected chi connectivity index (χ2v) is 14.6. The van der Waals surface area contributed by atoms with Crippen LogP contribution < -0.4 is 19.3 Å². The van der Waals surface area contributed by atoms with Crippen LogP contribution >= 0.6 is 11.6 Å². The van der Waals surface area contributed by atoms with Crippen LogP contribution in [0, 0.1) is 10.1 Å². The Morgan fingerprint density at radius 2 is 1.93 bits per heavy atom. The molecule has 2 aliphatic rings. The molecule has 2 amide bonds. The first kappa shape index (κ1) is 38.8. The molecule has 4 heterocycles. The molecular formula is C39H43ClN9O6+. The average molecular weight is 769 g/mol. The predicted octanol–water partition coefficient (Wildman–Crippen LogP) is 5.89. The van der Waals surface area contributed by atoms with Gasteiger partial charge in [0.2, 0.25) is 0 Å². The summed E-state index contributed by atoms with van der Waals surface area (Å²) in [6.07, 6.45) is 9.09. The number of benzene rings is 2. The van der Waals surface area contributed by atoms with Gasteiger partial charge >= 0.3 is 11.9 Å². The smallest absolute Gasteiger partial charge is 0.368 e. The minimum Gasteiger partial charge on any atom is -0.497 e.